The van der Waals surface area contributed by atoms with Gasteiger partial charge in [-0.1, -0.05) is 19.4 Å². The molecule has 0 spiro atoms. The number of rotatable bonds is 4. The van der Waals surface area contributed by atoms with Crippen LogP contribution in [0, 0.1) is 0 Å². The molecule has 0 radical (unpaired) electrons. The lowest BCUT2D eigenvalue weighted by Crippen LogP contribution is -2.13. The lowest BCUT2D eigenvalue weighted by Gasteiger charge is -2.24. The van der Waals surface area contributed by atoms with E-state index in [0.717, 1.165) is 11.9 Å². The summed E-state index contributed by atoms with van der Waals surface area (Å²) in [5.74, 6) is 2.40. The van der Waals surface area contributed by atoms with Gasteiger partial charge in [0.2, 0.25) is 0 Å². The molecule has 1 unspecified atom stereocenters. The first-order valence-corrected chi connectivity index (χ1v) is 7.41. The van der Waals surface area contributed by atoms with Crippen LogP contribution in [0.2, 0.25) is 0 Å². The first kappa shape index (κ1) is 12.7. The molecule has 19 heavy (non-hydrogen) atoms. The molecule has 0 aliphatic heterocycles. The molecule has 0 bridgehead atoms. The van der Waals surface area contributed by atoms with Gasteiger partial charge in [0.05, 0.1) is 11.0 Å². The molecule has 0 amide bonds. The van der Waals surface area contributed by atoms with Crippen LogP contribution in [0.5, 0.6) is 0 Å². The van der Waals surface area contributed by atoms with Crippen molar-refractivity contribution in [2.45, 2.75) is 44.4 Å². The number of hydrogen-bond donors (Lipinski definition) is 1. The Morgan fingerprint density at radius 3 is 2.79 bits per heavy atom. The van der Waals surface area contributed by atoms with Crippen molar-refractivity contribution in [3.63, 3.8) is 0 Å². The molecule has 1 fully saturated rings. The lowest BCUT2D eigenvalue weighted by atomic mass is 9.85. The highest BCUT2D eigenvalue weighted by atomic mass is 15.1. The van der Waals surface area contributed by atoms with E-state index in [1.165, 1.54) is 36.2 Å². The Morgan fingerprint density at radius 2 is 2.21 bits per heavy atom. The Hall–Kier alpha value is -1.35. The molecule has 1 saturated carbocycles. The Bertz CT molecular complexity index is 577. The number of aryl methyl sites for hydroxylation is 1. The molecule has 3 rings (SSSR count). The molecule has 1 aromatic heterocycles. The molecule has 3 nitrogen and oxygen atoms in total. The van der Waals surface area contributed by atoms with Crippen LogP contribution in [0.25, 0.3) is 11.0 Å². The summed E-state index contributed by atoms with van der Waals surface area (Å²) in [6.07, 6.45) is 5.03. The highest BCUT2D eigenvalue weighted by Crippen LogP contribution is 2.37. The summed E-state index contributed by atoms with van der Waals surface area (Å²) in [7, 11) is 2.14. The van der Waals surface area contributed by atoms with Crippen molar-refractivity contribution in [3.8, 4) is 0 Å². The van der Waals surface area contributed by atoms with E-state index in [4.69, 9.17) is 10.7 Å². The van der Waals surface area contributed by atoms with Gasteiger partial charge in [-0.15, -0.1) is 0 Å². The van der Waals surface area contributed by atoms with Gasteiger partial charge in [0.1, 0.15) is 5.82 Å². The van der Waals surface area contributed by atoms with E-state index >= 15 is 0 Å². The van der Waals surface area contributed by atoms with Crippen molar-refractivity contribution >= 4 is 11.0 Å². The van der Waals surface area contributed by atoms with Crippen LogP contribution in [0.1, 0.15) is 55.8 Å². The van der Waals surface area contributed by atoms with Crippen molar-refractivity contribution in [1.82, 2.24) is 9.55 Å². The normalized spacial score (nSPS) is 17.6. The number of benzene rings is 1. The molecule has 2 aromatic rings. The van der Waals surface area contributed by atoms with Gasteiger partial charge in [0, 0.05) is 13.0 Å². The molecule has 1 aliphatic rings. The molecule has 1 aliphatic carbocycles. The van der Waals surface area contributed by atoms with Crippen molar-refractivity contribution in [3.05, 3.63) is 29.6 Å². The highest BCUT2D eigenvalue weighted by molar-refractivity contribution is 5.77. The topological polar surface area (TPSA) is 43.8 Å². The van der Waals surface area contributed by atoms with Crippen LogP contribution in [0.3, 0.4) is 0 Å². The van der Waals surface area contributed by atoms with E-state index in [9.17, 15) is 0 Å². The van der Waals surface area contributed by atoms with Gasteiger partial charge in [-0.25, -0.2) is 4.98 Å². The predicted molar refractivity (Wildman–Crippen MR) is 79.4 cm³/mol. The fourth-order valence-corrected chi connectivity index (χ4v) is 3.06. The average Bonchev–Trinajstić information content (AvgIpc) is 2.66. The van der Waals surface area contributed by atoms with Gasteiger partial charge in [0.15, 0.2) is 0 Å². The molecule has 2 N–H and O–H groups in total. The minimum Gasteiger partial charge on any atom is -0.331 e. The SMILES string of the molecule is CCC(CN)c1ccc2c(c1)nc(C1CCC1)n2C. The summed E-state index contributed by atoms with van der Waals surface area (Å²) in [5, 5.41) is 0. The number of nitrogens with zero attached hydrogens (tertiary/aromatic N) is 2. The van der Waals surface area contributed by atoms with Crippen LogP contribution >= 0.6 is 0 Å². The Kier molecular flexibility index (Phi) is 3.31. The van der Waals surface area contributed by atoms with E-state index in [2.05, 4.69) is 36.7 Å². The molecular formula is C16H23N3. The zero-order valence-corrected chi connectivity index (χ0v) is 11.9. The maximum Gasteiger partial charge on any atom is 0.112 e. The van der Waals surface area contributed by atoms with Gasteiger partial charge in [0.25, 0.3) is 0 Å². The third kappa shape index (κ3) is 2.06. The summed E-state index contributed by atoms with van der Waals surface area (Å²) < 4.78 is 2.27. The number of aromatic nitrogens is 2. The van der Waals surface area contributed by atoms with Gasteiger partial charge < -0.3 is 10.3 Å². The predicted octanol–water partition coefficient (Wildman–Crippen LogP) is 3.29. The first-order chi connectivity index (χ1) is 9.24. The van der Waals surface area contributed by atoms with Crippen molar-refractivity contribution in [1.29, 1.82) is 0 Å². The summed E-state index contributed by atoms with van der Waals surface area (Å²) in [4.78, 5) is 4.87. The van der Waals surface area contributed by atoms with Crippen molar-refractivity contribution in [2.75, 3.05) is 6.54 Å². The molecule has 3 heteroatoms. The fraction of sp³-hybridized carbons (Fsp3) is 0.562. The summed E-state index contributed by atoms with van der Waals surface area (Å²) in [6.45, 7) is 2.91. The molecule has 0 saturated heterocycles. The number of fused-ring (bicyclic) bond motifs is 1. The lowest BCUT2D eigenvalue weighted by molar-refractivity contribution is 0.395. The number of imidazole rings is 1. The second-order valence-corrected chi connectivity index (χ2v) is 5.75. The Labute approximate surface area is 114 Å². The van der Waals surface area contributed by atoms with E-state index in [0.29, 0.717) is 18.4 Å². The van der Waals surface area contributed by atoms with Crippen LogP contribution in [0.15, 0.2) is 18.2 Å². The van der Waals surface area contributed by atoms with Crippen LogP contribution in [-0.4, -0.2) is 16.1 Å². The third-order valence-electron chi connectivity index (χ3n) is 4.66. The standard InChI is InChI=1S/C16H23N3/c1-3-11(10-17)13-7-8-15-14(9-13)18-16(19(15)2)12-5-4-6-12/h7-9,11-12H,3-6,10,17H2,1-2H3. The molecule has 1 heterocycles. The monoisotopic (exact) mass is 257 g/mol. The minimum absolute atomic E-state index is 0.457. The van der Waals surface area contributed by atoms with Crippen LogP contribution in [0.4, 0.5) is 0 Å². The van der Waals surface area contributed by atoms with Gasteiger partial charge in [-0.2, -0.15) is 0 Å². The average molecular weight is 257 g/mol. The van der Waals surface area contributed by atoms with Gasteiger partial charge in [-0.3, -0.25) is 0 Å². The number of hydrogen-bond acceptors (Lipinski definition) is 2. The van der Waals surface area contributed by atoms with Crippen LogP contribution in [-0.2, 0) is 7.05 Å². The third-order valence-corrected chi connectivity index (χ3v) is 4.66. The molecule has 102 valence electrons. The van der Waals surface area contributed by atoms with E-state index in [1.54, 1.807) is 0 Å². The van der Waals surface area contributed by atoms with Crippen molar-refractivity contribution in [2.24, 2.45) is 12.8 Å². The maximum absolute atomic E-state index is 5.85. The van der Waals surface area contributed by atoms with Crippen LogP contribution < -0.4 is 5.73 Å². The smallest absolute Gasteiger partial charge is 0.112 e. The fourth-order valence-electron chi connectivity index (χ4n) is 3.06. The van der Waals surface area contributed by atoms with E-state index in [1.807, 2.05) is 0 Å². The zero-order chi connectivity index (χ0) is 13.4. The van der Waals surface area contributed by atoms with Gasteiger partial charge in [-0.05, 0) is 49.4 Å². The van der Waals surface area contributed by atoms with E-state index < -0.39 is 0 Å². The second-order valence-electron chi connectivity index (χ2n) is 5.75. The Balaban J connectivity index is 2.03. The summed E-state index contributed by atoms with van der Waals surface area (Å²) in [5.41, 5.74) is 9.56. The zero-order valence-electron chi connectivity index (χ0n) is 11.9. The minimum atomic E-state index is 0.457. The highest BCUT2D eigenvalue weighted by Gasteiger charge is 2.24. The number of nitrogens with two attached hydrogens (primary N) is 1. The molecular weight excluding hydrogens is 234 g/mol. The first-order valence-electron chi connectivity index (χ1n) is 7.41. The Morgan fingerprint density at radius 1 is 1.42 bits per heavy atom. The quantitative estimate of drug-likeness (QED) is 0.913. The largest absolute Gasteiger partial charge is 0.331 e. The van der Waals surface area contributed by atoms with Gasteiger partial charge >= 0.3 is 0 Å². The molecule has 1 aromatic carbocycles. The maximum atomic E-state index is 5.85. The van der Waals surface area contributed by atoms with E-state index in [-0.39, 0.29) is 0 Å². The second kappa shape index (κ2) is 4.97. The van der Waals surface area contributed by atoms with Crippen molar-refractivity contribution < 1.29 is 0 Å². The summed E-state index contributed by atoms with van der Waals surface area (Å²) >= 11 is 0. The molecule has 1 atom stereocenters. The summed E-state index contributed by atoms with van der Waals surface area (Å²) in [6, 6.07) is 6.66.